The van der Waals surface area contributed by atoms with E-state index in [1.807, 2.05) is 6.92 Å². The van der Waals surface area contributed by atoms with E-state index in [9.17, 15) is 0 Å². The number of hydrogen-bond acceptors (Lipinski definition) is 1. The third-order valence-corrected chi connectivity index (χ3v) is 0.477. The third kappa shape index (κ3) is 5.08. The van der Waals surface area contributed by atoms with E-state index in [2.05, 4.69) is 16.6 Å². The fourth-order valence-corrected chi connectivity index (χ4v) is 0.227. The van der Waals surface area contributed by atoms with Crippen molar-refractivity contribution in [2.75, 3.05) is 7.05 Å². The molecule has 0 aliphatic rings. The molecular weight excluding hydrogens is 100 g/mol. The highest BCUT2D eigenvalue weighted by atomic mass is 14.8. The van der Waals surface area contributed by atoms with Gasteiger partial charge in [-0.05, 0) is 12.5 Å². The Hall–Kier alpha value is -0.920. The highest BCUT2D eigenvalue weighted by Crippen LogP contribution is 1.76. The van der Waals surface area contributed by atoms with Crippen LogP contribution in [0.3, 0.4) is 0 Å². The molecule has 0 saturated carbocycles. The molecule has 0 aromatic carbocycles. The fourth-order valence-electron chi connectivity index (χ4n) is 0.227. The summed E-state index contributed by atoms with van der Waals surface area (Å²) in [6, 6.07) is 0. The van der Waals surface area contributed by atoms with E-state index in [0.29, 0.717) is 0 Å². The van der Waals surface area contributed by atoms with Crippen molar-refractivity contribution in [1.82, 2.24) is 0 Å². The van der Waals surface area contributed by atoms with E-state index in [0.717, 1.165) is 5.57 Å². The van der Waals surface area contributed by atoms with Crippen LogP contribution in [0.2, 0.25) is 0 Å². The number of allylic oxidation sites excluding steroid dienone is 1. The highest BCUT2D eigenvalue weighted by molar-refractivity contribution is 5.83. The van der Waals surface area contributed by atoms with Gasteiger partial charge in [-0.2, -0.15) is 0 Å². The molecule has 0 saturated heterocycles. The maximum Gasteiger partial charge on any atom is 0.109 e. The van der Waals surface area contributed by atoms with Crippen molar-refractivity contribution in [3.63, 3.8) is 0 Å². The van der Waals surface area contributed by atoms with Gasteiger partial charge in [0.15, 0.2) is 0 Å². The minimum absolute atomic E-state index is 0.935. The molecule has 8 heavy (non-hydrogen) atoms. The van der Waals surface area contributed by atoms with Crippen molar-refractivity contribution < 1.29 is 0 Å². The summed E-state index contributed by atoms with van der Waals surface area (Å²) in [5.74, 6) is 0. The minimum atomic E-state index is 0.935. The highest BCUT2D eigenvalue weighted by Gasteiger charge is 1.68. The Balaban J connectivity index is 3.50. The van der Waals surface area contributed by atoms with Crippen LogP contribution in [0.1, 0.15) is 6.92 Å². The van der Waals surface area contributed by atoms with Crippen LogP contribution in [0.25, 0.3) is 0 Å². The first-order valence-corrected chi connectivity index (χ1v) is 2.36. The quantitative estimate of drug-likeness (QED) is 0.378. The van der Waals surface area contributed by atoms with Gasteiger partial charge in [0.2, 0.25) is 0 Å². The molecule has 0 aliphatic heterocycles. The Morgan fingerprint density at radius 3 is 2.62 bits per heavy atom. The maximum absolute atomic E-state index is 3.77. The Kier molecular flexibility index (Phi) is 3.76. The lowest BCUT2D eigenvalue weighted by molar-refractivity contribution is 1.44. The minimum Gasteiger partial charge on any atom is -0.277 e. The van der Waals surface area contributed by atoms with Gasteiger partial charge in [-0.25, -0.2) is 4.99 Å². The fraction of sp³-hybridized carbons (Fsp3) is 0.333. The third-order valence-electron chi connectivity index (χ3n) is 0.477. The molecule has 0 fully saturated rings. The van der Waals surface area contributed by atoms with Gasteiger partial charge in [-0.1, -0.05) is 6.58 Å². The normalized spacial score (nSPS) is 11.2. The van der Waals surface area contributed by atoms with Crippen LogP contribution >= 0.6 is 0 Å². The number of hydrogen-bond donors (Lipinski definition) is 0. The Morgan fingerprint density at radius 1 is 1.62 bits per heavy atom. The molecule has 0 amide bonds. The van der Waals surface area contributed by atoms with E-state index >= 15 is 0 Å². The molecule has 2 nitrogen and oxygen atoms in total. The summed E-state index contributed by atoms with van der Waals surface area (Å²) in [7, 11) is 1.68. The summed E-state index contributed by atoms with van der Waals surface area (Å²) in [6.45, 7) is 5.50. The second-order valence-electron chi connectivity index (χ2n) is 1.50. The first kappa shape index (κ1) is 7.08. The first-order chi connectivity index (χ1) is 3.77. The van der Waals surface area contributed by atoms with Gasteiger partial charge in [-0.3, -0.25) is 4.99 Å². The molecule has 0 aromatic rings. The number of nitrogens with zero attached hydrogens (tertiary/aromatic N) is 2. The predicted molar refractivity (Wildman–Crippen MR) is 37.7 cm³/mol. The van der Waals surface area contributed by atoms with Crippen molar-refractivity contribution in [2.24, 2.45) is 9.98 Å². The molecule has 0 heterocycles. The van der Waals surface area contributed by atoms with E-state index in [1.54, 1.807) is 13.3 Å². The van der Waals surface area contributed by atoms with E-state index in [-0.39, 0.29) is 0 Å². The lowest BCUT2D eigenvalue weighted by atomic mass is 10.4. The lowest BCUT2D eigenvalue weighted by Crippen LogP contribution is -1.73. The van der Waals surface area contributed by atoms with Crippen molar-refractivity contribution in [1.29, 1.82) is 0 Å². The van der Waals surface area contributed by atoms with Crippen molar-refractivity contribution in [2.45, 2.75) is 6.92 Å². The SMILES string of the molecule is C=C(C)/C=N/C=N\C. The predicted octanol–water partition coefficient (Wildman–Crippen LogP) is 1.29. The second kappa shape index (κ2) is 4.24. The summed E-state index contributed by atoms with van der Waals surface area (Å²) in [5.41, 5.74) is 0.935. The topological polar surface area (TPSA) is 24.7 Å². The van der Waals surface area contributed by atoms with E-state index in [1.165, 1.54) is 6.34 Å². The number of aliphatic imine (C=N–C) groups is 2. The molecule has 0 bridgehead atoms. The van der Waals surface area contributed by atoms with Crippen molar-refractivity contribution >= 4 is 12.6 Å². The smallest absolute Gasteiger partial charge is 0.109 e. The van der Waals surface area contributed by atoms with Gasteiger partial charge < -0.3 is 0 Å². The molecule has 0 rings (SSSR count). The van der Waals surface area contributed by atoms with Crippen LogP contribution in [0, 0.1) is 0 Å². The zero-order chi connectivity index (χ0) is 6.41. The molecule has 0 spiro atoms. The van der Waals surface area contributed by atoms with E-state index in [4.69, 9.17) is 0 Å². The largest absolute Gasteiger partial charge is 0.277 e. The average molecular weight is 110 g/mol. The second-order valence-corrected chi connectivity index (χ2v) is 1.50. The van der Waals surface area contributed by atoms with Crippen molar-refractivity contribution in [3.05, 3.63) is 12.2 Å². The molecular formula is C6H10N2. The van der Waals surface area contributed by atoms with Gasteiger partial charge in [0.25, 0.3) is 0 Å². The van der Waals surface area contributed by atoms with Crippen LogP contribution in [-0.2, 0) is 0 Å². The maximum atomic E-state index is 3.77. The zero-order valence-corrected chi connectivity index (χ0v) is 5.26. The summed E-state index contributed by atoms with van der Waals surface area (Å²) in [6.07, 6.45) is 3.14. The lowest BCUT2D eigenvalue weighted by Gasteiger charge is -1.77. The van der Waals surface area contributed by atoms with Crippen molar-refractivity contribution in [3.8, 4) is 0 Å². The standard InChI is InChI=1S/C6H10N2/c1-6(2)4-8-5-7-3/h4-5H,1H2,2-3H3/b7-5-,8-4+. The molecule has 2 heteroatoms. The van der Waals surface area contributed by atoms with Crippen LogP contribution in [0.15, 0.2) is 22.1 Å². The molecule has 0 unspecified atom stereocenters. The molecule has 0 radical (unpaired) electrons. The van der Waals surface area contributed by atoms with Gasteiger partial charge in [0.05, 0.1) is 0 Å². The van der Waals surface area contributed by atoms with Gasteiger partial charge >= 0.3 is 0 Å². The van der Waals surface area contributed by atoms with Crippen LogP contribution < -0.4 is 0 Å². The van der Waals surface area contributed by atoms with Crippen LogP contribution in [0.5, 0.6) is 0 Å². The van der Waals surface area contributed by atoms with E-state index < -0.39 is 0 Å². The van der Waals surface area contributed by atoms with Gasteiger partial charge in [-0.15, -0.1) is 0 Å². The van der Waals surface area contributed by atoms with Gasteiger partial charge in [0.1, 0.15) is 6.34 Å². The first-order valence-electron chi connectivity index (χ1n) is 2.36. The van der Waals surface area contributed by atoms with Crippen LogP contribution in [0.4, 0.5) is 0 Å². The number of rotatable bonds is 2. The molecule has 0 N–H and O–H groups in total. The summed E-state index contributed by atoms with van der Waals surface area (Å²) >= 11 is 0. The molecule has 44 valence electrons. The zero-order valence-electron chi connectivity index (χ0n) is 5.26. The Morgan fingerprint density at radius 2 is 2.25 bits per heavy atom. The Bertz CT molecular complexity index is 122. The average Bonchev–Trinajstić information content (AvgIpc) is 1.66. The molecule has 0 aromatic heterocycles. The molecule has 0 aliphatic carbocycles. The summed E-state index contributed by atoms with van der Waals surface area (Å²) < 4.78 is 0. The monoisotopic (exact) mass is 110 g/mol. The Labute approximate surface area is 49.7 Å². The van der Waals surface area contributed by atoms with Gasteiger partial charge in [0, 0.05) is 13.3 Å². The summed E-state index contributed by atoms with van der Waals surface area (Å²) in [4.78, 5) is 7.42. The van der Waals surface area contributed by atoms with Crippen LogP contribution in [-0.4, -0.2) is 19.6 Å². The summed E-state index contributed by atoms with van der Waals surface area (Å²) in [5, 5.41) is 0. The molecule has 0 atom stereocenters.